The Kier molecular flexibility index (Phi) is 7.04. The van der Waals surface area contributed by atoms with Gasteiger partial charge in [-0.3, -0.25) is 0 Å². The van der Waals surface area contributed by atoms with Crippen LogP contribution in [0.1, 0.15) is 12.1 Å². The van der Waals surface area contributed by atoms with Crippen LogP contribution in [0.25, 0.3) is 0 Å². The molecule has 1 aromatic rings. The molecule has 0 amide bonds. The first kappa shape index (κ1) is 12.8. The zero-order valence-electron chi connectivity index (χ0n) is 7.57. The lowest BCUT2D eigenvalue weighted by molar-refractivity contribution is 0.190. The van der Waals surface area contributed by atoms with Crippen LogP contribution in [-0.2, 0) is 17.2 Å². The van der Waals surface area contributed by atoms with Crippen molar-refractivity contribution in [3.63, 3.8) is 0 Å². The van der Waals surface area contributed by atoms with Crippen LogP contribution in [0.5, 0.6) is 0 Å². The smallest absolute Gasteiger partial charge is 0.0948 e. The molecule has 0 aromatic carbocycles. The molecule has 1 heterocycles. The van der Waals surface area contributed by atoms with Gasteiger partial charge in [0, 0.05) is 26.5 Å². The molecule has 3 nitrogen and oxygen atoms in total. The quantitative estimate of drug-likeness (QED) is 0.566. The molecule has 0 fully saturated rings. The third kappa shape index (κ3) is 3.98. The third-order valence-electron chi connectivity index (χ3n) is 1.68. The molecule has 1 aromatic heterocycles. The van der Waals surface area contributed by atoms with E-state index in [4.69, 9.17) is 16.3 Å². The van der Waals surface area contributed by atoms with Crippen LogP contribution in [0.4, 0.5) is 0 Å². The van der Waals surface area contributed by atoms with Crippen molar-refractivity contribution >= 4 is 24.0 Å². The van der Waals surface area contributed by atoms with Gasteiger partial charge in [-0.15, -0.1) is 24.0 Å². The molecule has 0 aliphatic heterocycles. The van der Waals surface area contributed by atoms with Crippen molar-refractivity contribution in [3.8, 4) is 0 Å². The Morgan fingerprint density at radius 3 is 3.00 bits per heavy atom. The number of alkyl halides is 1. The van der Waals surface area contributed by atoms with Crippen LogP contribution >= 0.6 is 24.0 Å². The number of hydrogen-bond acceptors (Lipinski definition) is 2. The number of nitrogens with zero attached hydrogens (tertiary/aromatic N) is 2. The predicted molar refractivity (Wildman–Crippen MR) is 55.5 cm³/mol. The number of imidazole rings is 1. The summed E-state index contributed by atoms with van der Waals surface area (Å²) in [6.07, 6.45) is 4.59. The molecule has 0 saturated heterocycles. The van der Waals surface area contributed by atoms with Crippen molar-refractivity contribution in [1.29, 1.82) is 0 Å². The number of halogens is 2. The first-order valence-corrected chi connectivity index (χ1v) is 4.46. The maximum atomic E-state index is 5.69. The van der Waals surface area contributed by atoms with E-state index in [2.05, 4.69) is 4.98 Å². The molecule has 1 rings (SSSR count). The Morgan fingerprint density at radius 2 is 2.38 bits per heavy atom. The maximum Gasteiger partial charge on any atom is 0.0948 e. The average molecular weight is 225 g/mol. The highest BCUT2D eigenvalue weighted by Crippen LogP contribution is 2.03. The lowest BCUT2D eigenvalue weighted by Gasteiger charge is -2.04. The summed E-state index contributed by atoms with van der Waals surface area (Å²) in [4.78, 5) is 4.01. The fourth-order valence-electron chi connectivity index (χ4n) is 1.04. The van der Waals surface area contributed by atoms with E-state index in [0.717, 1.165) is 25.3 Å². The van der Waals surface area contributed by atoms with Gasteiger partial charge in [-0.25, -0.2) is 4.98 Å². The Morgan fingerprint density at radius 1 is 1.62 bits per heavy atom. The predicted octanol–water partition coefficient (Wildman–Crippen LogP) is 2.08. The Bertz CT molecular complexity index is 228. The van der Waals surface area contributed by atoms with Crippen LogP contribution < -0.4 is 0 Å². The molecule has 0 spiro atoms. The standard InChI is InChI=1S/C8H13ClN2O.ClH/c1-12-4-2-3-11-7-10-6-8(11)5-9;/h6-7H,2-5H2,1H3;1H. The summed E-state index contributed by atoms with van der Waals surface area (Å²) in [5.41, 5.74) is 1.06. The summed E-state index contributed by atoms with van der Waals surface area (Å²) in [5, 5.41) is 0. The van der Waals surface area contributed by atoms with E-state index < -0.39 is 0 Å². The van der Waals surface area contributed by atoms with Gasteiger partial charge in [0.1, 0.15) is 0 Å². The number of methoxy groups -OCH3 is 1. The van der Waals surface area contributed by atoms with Crippen molar-refractivity contribution in [3.05, 3.63) is 18.2 Å². The summed E-state index contributed by atoms with van der Waals surface area (Å²) < 4.78 is 6.99. The maximum absolute atomic E-state index is 5.69. The second-order valence-corrected chi connectivity index (χ2v) is 2.83. The molecular formula is C8H14Cl2N2O. The summed E-state index contributed by atoms with van der Waals surface area (Å²) >= 11 is 5.69. The molecule has 0 radical (unpaired) electrons. The zero-order valence-corrected chi connectivity index (χ0v) is 9.14. The lowest BCUT2D eigenvalue weighted by Crippen LogP contribution is -2.02. The Labute approximate surface area is 89.5 Å². The number of rotatable bonds is 5. The molecule has 0 bridgehead atoms. The van der Waals surface area contributed by atoms with Gasteiger partial charge in [0.25, 0.3) is 0 Å². The average Bonchev–Trinajstić information content (AvgIpc) is 2.52. The van der Waals surface area contributed by atoms with Crippen LogP contribution in [0.15, 0.2) is 12.5 Å². The van der Waals surface area contributed by atoms with E-state index in [1.807, 2.05) is 4.57 Å². The minimum atomic E-state index is 0. The summed E-state index contributed by atoms with van der Waals surface area (Å²) in [6.45, 7) is 1.70. The number of hydrogen-bond donors (Lipinski definition) is 0. The van der Waals surface area contributed by atoms with Crippen molar-refractivity contribution in [2.75, 3.05) is 13.7 Å². The first-order valence-electron chi connectivity index (χ1n) is 3.92. The normalized spacial score (nSPS) is 9.69. The zero-order chi connectivity index (χ0) is 8.81. The number of aryl methyl sites for hydroxylation is 1. The van der Waals surface area contributed by atoms with E-state index in [0.29, 0.717) is 5.88 Å². The second-order valence-electron chi connectivity index (χ2n) is 2.56. The Hall–Kier alpha value is -0.250. The van der Waals surface area contributed by atoms with Crippen molar-refractivity contribution < 1.29 is 4.74 Å². The van der Waals surface area contributed by atoms with Crippen molar-refractivity contribution in [2.24, 2.45) is 0 Å². The monoisotopic (exact) mass is 224 g/mol. The molecule has 0 unspecified atom stereocenters. The highest BCUT2D eigenvalue weighted by atomic mass is 35.5. The Balaban J connectivity index is 0.00000144. The minimum absolute atomic E-state index is 0. The van der Waals surface area contributed by atoms with Gasteiger partial charge >= 0.3 is 0 Å². The molecule has 13 heavy (non-hydrogen) atoms. The minimum Gasteiger partial charge on any atom is -0.385 e. The van der Waals surface area contributed by atoms with Gasteiger partial charge < -0.3 is 9.30 Å². The molecule has 0 aliphatic rings. The molecular weight excluding hydrogens is 211 g/mol. The number of ether oxygens (including phenoxy) is 1. The van der Waals surface area contributed by atoms with Crippen LogP contribution in [0, 0.1) is 0 Å². The highest BCUT2D eigenvalue weighted by molar-refractivity contribution is 6.16. The highest BCUT2D eigenvalue weighted by Gasteiger charge is 1.98. The molecule has 0 saturated carbocycles. The van der Waals surface area contributed by atoms with E-state index in [1.54, 1.807) is 19.6 Å². The van der Waals surface area contributed by atoms with Gasteiger partial charge in [-0.1, -0.05) is 0 Å². The molecule has 0 aliphatic carbocycles. The van der Waals surface area contributed by atoms with Crippen LogP contribution in [-0.4, -0.2) is 23.3 Å². The van der Waals surface area contributed by atoms with E-state index in [9.17, 15) is 0 Å². The van der Waals surface area contributed by atoms with E-state index in [1.165, 1.54) is 0 Å². The van der Waals surface area contributed by atoms with Gasteiger partial charge in [0.2, 0.25) is 0 Å². The van der Waals surface area contributed by atoms with Gasteiger partial charge in [-0.05, 0) is 6.42 Å². The second kappa shape index (κ2) is 7.18. The largest absolute Gasteiger partial charge is 0.385 e. The SMILES string of the molecule is COCCCn1cncc1CCl.Cl. The van der Waals surface area contributed by atoms with Crippen LogP contribution in [0.2, 0.25) is 0 Å². The molecule has 76 valence electrons. The van der Waals surface area contributed by atoms with Gasteiger partial charge in [0.05, 0.1) is 17.9 Å². The van der Waals surface area contributed by atoms with E-state index in [-0.39, 0.29) is 12.4 Å². The third-order valence-corrected chi connectivity index (χ3v) is 1.96. The number of aromatic nitrogens is 2. The molecule has 0 atom stereocenters. The first-order chi connectivity index (χ1) is 5.88. The summed E-state index contributed by atoms with van der Waals surface area (Å²) in [6, 6.07) is 0. The fraction of sp³-hybridized carbons (Fsp3) is 0.625. The van der Waals surface area contributed by atoms with Gasteiger partial charge in [-0.2, -0.15) is 0 Å². The van der Waals surface area contributed by atoms with Crippen LogP contribution in [0.3, 0.4) is 0 Å². The van der Waals surface area contributed by atoms with E-state index >= 15 is 0 Å². The summed E-state index contributed by atoms with van der Waals surface area (Å²) in [5.74, 6) is 0.521. The fourth-order valence-corrected chi connectivity index (χ4v) is 1.26. The summed E-state index contributed by atoms with van der Waals surface area (Å²) in [7, 11) is 1.70. The van der Waals surface area contributed by atoms with Gasteiger partial charge in [0.15, 0.2) is 0 Å². The molecule has 0 N–H and O–H groups in total. The molecule has 5 heteroatoms. The van der Waals surface area contributed by atoms with Crippen molar-refractivity contribution in [1.82, 2.24) is 9.55 Å². The topological polar surface area (TPSA) is 27.1 Å². The lowest BCUT2D eigenvalue weighted by atomic mass is 10.4. The van der Waals surface area contributed by atoms with Crippen molar-refractivity contribution in [2.45, 2.75) is 18.8 Å².